The molecule has 8 nitrogen and oxygen atoms in total. The Balaban J connectivity index is 0.000000193. The molecular formula is C18H31N4O4-. The van der Waals surface area contributed by atoms with Gasteiger partial charge < -0.3 is 27.6 Å². The molecule has 0 aromatic heterocycles. The second-order valence-electron chi connectivity index (χ2n) is 8.38. The van der Waals surface area contributed by atoms with Crippen molar-refractivity contribution in [2.45, 2.75) is 75.9 Å². The molecule has 2 atom stereocenters. The Morgan fingerprint density at radius 3 is 1.92 bits per heavy atom. The molecule has 4 bridgehead atoms. The molecule has 0 aliphatic heterocycles. The van der Waals surface area contributed by atoms with Crippen molar-refractivity contribution in [2.75, 3.05) is 0 Å². The molecule has 2 amide bonds. The largest absolute Gasteiger partial charge is 0.672 e. The van der Waals surface area contributed by atoms with Crippen LogP contribution in [0.4, 0.5) is 0 Å². The van der Waals surface area contributed by atoms with Crippen LogP contribution in [0.1, 0.15) is 58.3 Å². The van der Waals surface area contributed by atoms with E-state index in [1.54, 1.807) is 0 Å². The van der Waals surface area contributed by atoms with Crippen molar-refractivity contribution in [2.24, 2.45) is 29.2 Å². The summed E-state index contributed by atoms with van der Waals surface area (Å²) >= 11 is 0. The molecule has 26 heavy (non-hydrogen) atoms. The van der Waals surface area contributed by atoms with E-state index >= 15 is 0 Å². The summed E-state index contributed by atoms with van der Waals surface area (Å²) in [6.07, 6.45) is 7.83. The average Bonchev–Trinajstić information content (AvgIpc) is 2.48. The van der Waals surface area contributed by atoms with Gasteiger partial charge in [-0.3, -0.25) is 14.4 Å². The van der Waals surface area contributed by atoms with Gasteiger partial charge >= 0.3 is 5.97 Å². The van der Waals surface area contributed by atoms with Crippen LogP contribution in [-0.4, -0.2) is 40.5 Å². The van der Waals surface area contributed by atoms with E-state index in [1.807, 2.05) is 0 Å². The first kappa shape index (κ1) is 20.6. The predicted octanol–water partition coefficient (Wildman–Crippen LogP) is 1.18. The molecule has 4 aliphatic rings. The van der Waals surface area contributed by atoms with Gasteiger partial charge in [0.05, 0.1) is 6.04 Å². The van der Waals surface area contributed by atoms with Crippen LogP contribution in [0.15, 0.2) is 0 Å². The minimum absolute atomic E-state index is 0.0386. The highest BCUT2D eigenvalue weighted by molar-refractivity contribution is 5.88. The molecule has 7 N–H and O–H groups in total. The van der Waals surface area contributed by atoms with Gasteiger partial charge in [0, 0.05) is 6.42 Å². The summed E-state index contributed by atoms with van der Waals surface area (Å²) in [6.45, 7) is 1.45. The molecule has 4 fully saturated rings. The molecule has 0 radical (unpaired) electrons. The molecule has 0 saturated heterocycles. The van der Waals surface area contributed by atoms with Crippen molar-refractivity contribution in [1.82, 2.24) is 5.32 Å². The van der Waals surface area contributed by atoms with E-state index in [4.69, 9.17) is 22.3 Å². The zero-order chi connectivity index (χ0) is 19.5. The van der Waals surface area contributed by atoms with Gasteiger partial charge in [0.15, 0.2) is 0 Å². The van der Waals surface area contributed by atoms with Crippen LogP contribution in [0.25, 0.3) is 5.73 Å². The number of carboxylic acid groups (broad SMARTS) is 1. The van der Waals surface area contributed by atoms with Crippen molar-refractivity contribution in [3.8, 4) is 0 Å². The number of carbonyl (C=O) groups excluding carboxylic acids is 2. The molecule has 0 heterocycles. The lowest BCUT2D eigenvalue weighted by molar-refractivity contribution is -0.137. The van der Waals surface area contributed by atoms with Gasteiger partial charge in [-0.15, -0.1) is 5.54 Å². The lowest BCUT2D eigenvalue weighted by atomic mass is 9.53. The first-order valence-electron chi connectivity index (χ1n) is 9.40. The van der Waals surface area contributed by atoms with Gasteiger partial charge in [0.2, 0.25) is 11.8 Å². The van der Waals surface area contributed by atoms with Crippen molar-refractivity contribution < 1.29 is 19.5 Å². The summed E-state index contributed by atoms with van der Waals surface area (Å²) in [5.41, 5.74) is 18.5. The fourth-order valence-electron chi connectivity index (χ4n) is 4.97. The standard InChI is InChI=1S/C10H16N.C8H15N3O4/c11-10-4-7-1-8(5-10)3-9(2-7)6-10;1-4(9)8(15)11-5(7(10)14)2-3-6(12)13/h7-9,11H,1-6H2;4-5H,2-3,9H2,1H3,(H2,10,14)(H,11,15)(H,12,13)/q-1;. The monoisotopic (exact) mass is 367 g/mol. The molecular weight excluding hydrogens is 336 g/mol. The Morgan fingerprint density at radius 2 is 1.62 bits per heavy atom. The normalized spacial score (nSPS) is 33.6. The summed E-state index contributed by atoms with van der Waals surface area (Å²) in [4.78, 5) is 32.2. The van der Waals surface area contributed by atoms with Crippen molar-refractivity contribution >= 4 is 17.8 Å². The highest BCUT2D eigenvalue weighted by Gasteiger charge is 2.44. The number of aliphatic carboxylic acids is 1. The van der Waals surface area contributed by atoms with Gasteiger partial charge in [0.1, 0.15) is 6.04 Å². The van der Waals surface area contributed by atoms with E-state index in [-0.39, 0.29) is 18.4 Å². The Kier molecular flexibility index (Phi) is 6.63. The summed E-state index contributed by atoms with van der Waals surface area (Å²) in [5, 5.41) is 10.7. The van der Waals surface area contributed by atoms with Crippen LogP contribution in [0.3, 0.4) is 0 Å². The molecule has 4 saturated carbocycles. The zero-order valence-electron chi connectivity index (χ0n) is 15.4. The first-order valence-corrected chi connectivity index (χ1v) is 9.40. The van der Waals surface area contributed by atoms with Crippen LogP contribution >= 0.6 is 0 Å². The van der Waals surface area contributed by atoms with E-state index < -0.39 is 29.9 Å². The Bertz CT molecular complexity index is 514. The van der Waals surface area contributed by atoms with Crippen LogP contribution in [0.2, 0.25) is 0 Å². The number of primary amides is 1. The Morgan fingerprint density at radius 1 is 1.15 bits per heavy atom. The maximum absolute atomic E-state index is 11.1. The molecule has 0 spiro atoms. The van der Waals surface area contributed by atoms with Gasteiger partial charge in [0.25, 0.3) is 0 Å². The molecule has 0 aromatic rings. The van der Waals surface area contributed by atoms with Crippen LogP contribution in [0.5, 0.6) is 0 Å². The van der Waals surface area contributed by atoms with Crippen LogP contribution in [-0.2, 0) is 14.4 Å². The van der Waals surface area contributed by atoms with Gasteiger partial charge in [-0.25, -0.2) is 0 Å². The summed E-state index contributed by atoms with van der Waals surface area (Å²) < 4.78 is 0. The number of amides is 2. The first-order chi connectivity index (χ1) is 12.1. The second-order valence-corrected chi connectivity index (χ2v) is 8.38. The molecule has 2 unspecified atom stereocenters. The van der Waals surface area contributed by atoms with E-state index in [0.29, 0.717) is 0 Å². The number of carbonyl (C=O) groups is 3. The quantitative estimate of drug-likeness (QED) is 0.553. The highest BCUT2D eigenvalue weighted by Crippen LogP contribution is 2.56. The molecule has 4 rings (SSSR count). The van der Waals surface area contributed by atoms with E-state index in [1.165, 1.54) is 45.4 Å². The number of hydrogen-bond donors (Lipinski definition) is 4. The van der Waals surface area contributed by atoms with E-state index in [2.05, 4.69) is 5.32 Å². The predicted molar refractivity (Wildman–Crippen MR) is 96.9 cm³/mol. The zero-order valence-corrected chi connectivity index (χ0v) is 15.4. The third-order valence-electron chi connectivity index (χ3n) is 5.76. The number of carboxylic acids is 1. The molecule has 4 aliphatic carbocycles. The topological polar surface area (TPSA) is 159 Å². The molecule has 8 heteroatoms. The van der Waals surface area contributed by atoms with Gasteiger partial charge in [-0.1, -0.05) is 19.3 Å². The third-order valence-corrected chi connectivity index (χ3v) is 5.76. The van der Waals surface area contributed by atoms with Crippen LogP contribution in [0, 0.1) is 17.8 Å². The molecule has 148 valence electrons. The highest BCUT2D eigenvalue weighted by atomic mass is 16.4. The smallest absolute Gasteiger partial charge is 0.303 e. The Labute approximate surface area is 154 Å². The number of rotatable bonds is 6. The number of hydrogen-bond acceptors (Lipinski definition) is 4. The van der Waals surface area contributed by atoms with Gasteiger partial charge in [-0.2, -0.15) is 0 Å². The summed E-state index contributed by atoms with van der Waals surface area (Å²) in [6, 6.07) is -1.75. The van der Waals surface area contributed by atoms with Crippen LogP contribution < -0.4 is 16.8 Å². The van der Waals surface area contributed by atoms with Gasteiger partial charge in [-0.05, 0) is 50.4 Å². The SMILES string of the molecule is CC(N)C(=O)NC(CCC(=O)O)C(N)=O.[NH-]C12CC3CC(CC(C3)C1)C2. The second kappa shape index (κ2) is 8.35. The third kappa shape index (κ3) is 5.67. The summed E-state index contributed by atoms with van der Waals surface area (Å²) in [5.74, 6) is 0.502. The molecule has 0 aromatic carbocycles. The number of nitrogens with one attached hydrogen (secondary N) is 2. The maximum Gasteiger partial charge on any atom is 0.303 e. The fourth-order valence-corrected chi connectivity index (χ4v) is 4.97. The van der Waals surface area contributed by atoms with E-state index in [0.717, 1.165) is 17.8 Å². The average molecular weight is 367 g/mol. The maximum atomic E-state index is 11.1. The lowest BCUT2D eigenvalue weighted by Gasteiger charge is -2.60. The minimum Gasteiger partial charge on any atom is -0.672 e. The van der Waals surface area contributed by atoms with Crippen molar-refractivity contribution in [3.05, 3.63) is 5.73 Å². The number of nitrogens with two attached hydrogens (primary N) is 2. The Hall–Kier alpha value is -1.67. The van der Waals surface area contributed by atoms with E-state index in [9.17, 15) is 14.4 Å². The minimum atomic E-state index is -1.06. The fraction of sp³-hybridized carbons (Fsp3) is 0.833. The lowest BCUT2D eigenvalue weighted by Crippen LogP contribution is -2.49. The van der Waals surface area contributed by atoms with Crippen molar-refractivity contribution in [1.29, 1.82) is 0 Å². The summed E-state index contributed by atoms with van der Waals surface area (Å²) in [7, 11) is 0. The van der Waals surface area contributed by atoms with Crippen molar-refractivity contribution in [3.63, 3.8) is 0 Å².